The third-order valence-electron chi connectivity index (χ3n) is 4.02. The number of fused-ring (bicyclic) bond motifs is 1. The lowest BCUT2D eigenvalue weighted by atomic mass is 10.2. The van der Waals surface area contributed by atoms with Crippen molar-refractivity contribution in [2.24, 2.45) is 0 Å². The number of para-hydroxylation sites is 1. The Labute approximate surface area is 146 Å². The molecule has 2 aromatic carbocycles. The van der Waals surface area contributed by atoms with Gasteiger partial charge in [0.05, 0.1) is 22.8 Å². The van der Waals surface area contributed by atoms with Crippen LogP contribution in [-0.4, -0.2) is 29.4 Å². The minimum Gasteiger partial charge on any atom is -0.325 e. The molecule has 0 fully saturated rings. The Morgan fingerprint density at radius 1 is 1.25 bits per heavy atom. The summed E-state index contributed by atoms with van der Waals surface area (Å²) in [6.07, 6.45) is 0. The molecule has 0 saturated heterocycles. The van der Waals surface area contributed by atoms with E-state index in [0.29, 0.717) is 6.54 Å². The van der Waals surface area contributed by atoms with Crippen molar-refractivity contribution in [3.8, 4) is 0 Å². The fraction of sp³-hybridized carbons (Fsp3) is 0.263. The molecule has 0 bridgehead atoms. The van der Waals surface area contributed by atoms with Gasteiger partial charge in [-0.1, -0.05) is 24.3 Å². The SMILES string of the molecule is Cc1cccc(NC(=O)CN(C)[C@@H](C)c2nc3ccccc3s2)c1. The Balaban J connectivity index is 1.65. The number of nitrogens with zero attached hydrogens (tertiary/aromatic N) is 2. The molecule has 0 saturated carbocycles. The Bertz CT molecular complexity index is 825. The summed E-state index contributed by atoms with van der Waals surface area (Å²) in [4.78, 5) is 19.0. The summed E-state index contributed by atoms with van der Waals surface area (Å²) in [5, 5.41) is 3.98. The Kier molecular flexibility index (Phi) is 4.92. The van der Waals surface area contributed by atoms with Gasteiger partial charge >= 0.3 is 0 Å². The summed E-state index contributed by atoms with van der Waals surface area (Å²) >= 11 is 1.68. The number of carbonyl (C=O) groups is 1. The number of hydrogen-bond acceptors (Lipinski definition) is 4. The fourth-order valence-electron chi connectivity index (χ4n) is 2.54. The van der Waals surface area contributed by atoms with Crippen molar-refractivity contribution >= 4 is 33.1 Å². The fourth-order valence-corrected chi connectivity index (χ4v) is 3.63. The highest BCUT2D eigenvalue weighted by Crippen LogP contribution is 2.28. The second kappa shape index (κ2) is 7.11. The molecule has 0 spiro atoms. The highest BCUT2D eigenvalue weighted by molar-refractivity contribution is 7.18. The number of carbonyl (C=O) groups excluding carboxylic acids is 1. The highest BCUT2D eigenvalue weighted by Gasteiger charge is 2.18. The van der Waals surface area contributed by atoms with Gasteiger partial charge in [-0.2, -0.15) is 0 Å². The van der Waals surface area contributed by atoms with Crippen molar-refractivity contribution in [1.29, 1.82) is 0 Å². The smallest absolute Gasteiger partial charge is 0.238 e. The van der Waals surface area contributed by atoms with Gasteiger partial charge < -0.3 is 5.32 Å². The van der Waals surface area contributed by atoms with Crippen LogP contribution in [-0.2, 0) is 4.79 Å². The zero-order valence-electron chi connectivity index (χ0n) is 14.1. The van der Waals surface area contributed by atoms with Crippen LogP contribution in [0.4, 0.5) is 5.69 Å². The molecule has 1 atom stereocenters. The molecular formula is C19H21N3OS. The van der Waals surface area contributed by atoms with Crippen molar-refractivity contribution in [3.05, 3.63) is 59.1 Å². The van der Waals surface area contributed by atoms with E-state index >= 15 is 0 Å². The highest BCUT2D eigenvalue weighted by atomic mass is 32.1. The first-order valence-electron chi connectivity index (χ1n) is 7.95. The van der Waals surface area contributed by atoms with Gasteiger partial charge in [0.15, 0.2) is 0 Å². The van der Waals surface area contributed by atoms with E-state index in [1.165, 1.54) is 4.70 Å². The molecular weight excluding hydrogens is 318 g/mol. The van der Waals surface area contributed by atoms with Gasteiger partial charge in [-0.05, 0) is 50.7 Å². The van der Waals surface area contributed by atoms with Crippen LogP contribution >= 0.6 is 11.3 Å². The molecule has 124 valence electrons. The Hall–Kier alpha value is -2.24. The van der Waals surface area contributed by atoms with E-state index in [2.05, 4.69) is 23.3 Å². The quantitative estimate of drug-likeness (QED) is 0.756. The van der Waals surface area contributed by atoms with Gasteiger partial charge in [-0.15, -0.1) is 11.3 Å². The Morgan fingerprint density at radius 3 is 2.79 bits per heavy atom. The summed E-state index contributed by atoms with van der Waals surface area (Å²) < 4.78 is 1.18. The summed E-state index contributed by atoms with van der Waals surface area (Å²) in [5.41, 5.74) is 2.98. The molecule has 1 amide bonds. The third-order valence-corrected chi connectivity index (χ3v) is 5.23. The topological polar surface area (TPSA) is 45.2 Å². The second-order valence-corrected chi connectivity index (χ2v) is 7.09. The van der Waals surface area contributed by atoms with E-state index in [4.69, 9.17) is 0 Å². The number of thiazole rings is 1. The monoisotopic (exact) mass is 339 g/mol. The number of anilines is 1. The molecule has 5 heteroatoms. The number of nitrogens with one attached hydrogen (secondary N) is 1. The minimum absolute atomic E-state index is 0.0175. The molecule has 0 aliphatic carbocycles. The van der Waals surface area contributed by atoms with Crippen LogP contribution in [0.25, 0.3) is 10.2 Å². The van der Waals surface area contributed by atoms with E-state index in [1.54, 1.807) is 11.3 Å². The van der Waals surface area contributed by atoms with Crippen LogP contribution < -0.4 is 5.32 Å². The number of likely N-dealkylation sites (N-methyl/N-ethyl adjacent to an activating group) is 1. The first-order chi connectivity index (χ1) is 11.5. The van der Waals surface area contributed by atoms with Gasteiger partial charge in [0.25, 0.3) is 0 Å². The van der Waals surface area contributed by atoms with Gasteiger partial charge in [0.1, 0.15) is 5.01 Å². The van der Waals surface area contributed by atoms with Crippen molar-refractivity contribution in [3.63, 3.8) is 0 Å². The molecule has 0 unspecified atom stereocenters. The van der Waals surface area contributed by atoms with Gasteiger partial charge in [-0.25, -0.2) is 4.98 Å². The van der Waals surface area contributed by atoms with Crippen LogP contribution in [0, 0.1) is 6.92 Å². The summed E-state index contributed by atoms with van der Waals surface area (Å²) in [6, 6.07) is 16.0. The lowest BCUT2D eigenvalue weighted by molar-refractivity contribution is -0.117. The second-order valence-electron chi connectivity index (χ2n) is 6.03. The molecule has 1 N–H and O–H groups in total. The van der Waals surface area contributed by atoms with Crippen LogP contribution in [0.1, 0.15) is 23.5 Å². The third kappa shape index (κ3) is 3.80. The van der Waals surface area contributed by atoms with Gasteiger partial charge in [-0.3, -0.25) is 9.69 Å². The average molecular weight is 339 g/mol. The van der Waals surface area contributed by atoms with Gasteiger partial charge in [0, 0.05) is 5.69 Å². The van der Waals surface area contributed by atoms with Crippen molar-refractivity contribution in [2.75, 3.05) is 18.9 Å². The van der Waals surface area contributed by atoms with Crippen molar-refractivity contribution in [1.82, 2.24) is 9.88 Å². The van der Waals surface area contributed by atoms with Crippen LogP contribution in [0.15, 0.2) is 48.5 Å². The van der Waals surface area contributed by atoms with Crippen molar-refractivity contribution in [2.45, 2.75) is 19.9 Å². The first kappa shape index (κ1) is 16.6. The zero-order chi connectivity index (χ0) is 17.1. The molecule has 0 aliphatic rings. The molecule has 0 aliphatic heterocycles. The van der Waals surface area contributed by atoms with Gasteiger partial charge in [0.2, 0.25) is 5.91 Å². The predicted octanol–water partition coefficient (Wildman–Crippen LogP) is 4.24. The lowest BCUT2D eigenvalue weighted by Crippen LogP contribution is -2.32. The average Bonchev–Trinajstić information content (AvgIpc) is 2.97. The molecule has 0 radical (unpaired) electrons. The van der Waals surface area contributed by atoms with E-state index in [-0.39, 0.29) is 11.9 Å². The molecule has 3 aromatic rings. The molecule has 1 heterocycles. The summed E-state index contributed by atoms with van der Waals surface area (Å²) in [7, 11) is 1.95. The van der Waals surface area contributed by atoms with Crippen LogP contribution in [0.5, 0.6) is 0 Å². The zero-order valence-corrected chi connectivity index (χ0v) is 14.9. The number of rotatable bonds is 5. The number of hydrogen-bond donors (Lipinski definition) is 1. The predicted molar refractivity (Wildman–Crippen MR) is 100 cm³/mol. The number of aryl methyl sites for hydroxylation is 1. The molecule has 1 aromatic heterocycles. The van der Waals surface area contributed by atoms with Crippen molar-refractivity contribution < 1.29 is 4.79 Å². The van der Waals surface area contributed by atoms with E-state index in [0.717, 1.165) is 21.8 Å². The first-order valence-corrected chi connectivity index (χ1v) is 8.77. The van der Waals surface area contributed by atoms with E-state index < -0.39 is 0 Å². The maximum atomic E-state index is 12.3. The van der Waals surface area contributed by atoms with E-state index in [9.17, 15) is 4.79 Å². The maximum absolute atomic E-state index is 12.3. The molecule has 3 rings (SSSR count). The number of benzene rings is 2. The largest absolute Gasteiger partial charge is 0.325 e. The summed E-state index contributed by atoms with van der Waals surface area (Å²) in [5.74, 6) is -0.0175. The molecule has 24 heavy (non-hydrogen) atoms. The normalized spacial score (nSPS) is 12.5. The number of aromatic nitrogens is 1. The van der Waals surface area contributed by atoms with E-state index in [1.807, 2.05) is 61.3 Å². The van der Waals surface area contributed by atoms with Crippen LogP contribution in [0.3, 0.4) is 0 Å². The lowest BCUT2D eigenvalue weighted by Gasteiger charge is -2.22. The van der Waals surface area contributed by atoms with Crippen LogP contribution in [0.2, 0.25) is 0 Å². The minimum atomic E-state index is -0.0175. The summed E-state index contributed by atoms with van der Waals surface area (Å²) in [6.45, 7) is 4.42. The Morgan fingerprint density at radius 2 is 2.04 bits per heavy atom. The standard InChI is InChI=1S/C19H21N3OS/c1-13-7-6-8-15(11-13)20-18(23)12-22(3)14(2)19-21-16-9-4-5-10-17(16)24-19/h4-11,14H,12H2,1-3H3,(H,20,23)/t14-/m0/s1. The maximum Gasteiger partial charge on any atom is 0.238 e. The molecule has 4 nitrogen and oxygen atoms in total. The number of amides is 1.